The maximum Gasteiger partial charge on any atom is 0.0951 e. The quantitative estimate of drug-likeness (QED) is 0.848. The zero-order valence-electron chi connectivity index (χ0n) is 10.1. The highest BCUT2D eigenvalue weighted by atomic mass is 16.5. The SMILES string of the molecule is CC[C@@H](N)c1cncn1C(C)C1CCOC1. The first-order valence-corrected chi connectivity index (χ1v) is 6.09. The van der Waals surface area contributed by atoms with Crippen molar-refractivity contribution in [3.8, 4) is 0 Å². The molecule has 0 amide bonds. The van der Waals surface area contributed by atoms with E-state index in [1.807, 2.05) is 12.5 Å². The van der Waals surface area contributed by atoms with E-state index in [1.54, 1.807) is 0 Å². The Morgan fingerprint density at radius 1 is 1.69 bits per heavy atom. The highest BCUT2D eigenvalue weighted by molar-refractivity contribution is 5.06. The number of nitrogens with zero attached hydrogens (tertiary/aromatic N) is 2. The summed E-state index contributed by atoms with van der Waals surface area (Å²) < 4.78 is 7.65. The minimum atomic E-state index is 0.0901. The van der Waals surface area contributed by atoms with Crippen LogP contribution in [0.2, 0.25) is 0 Å². The van der Waals surface area contributed by atoms with Crippen LogP contribution in [-0.4, -0.2) is 22.8 Å². The van der Waals surface area contributed by atoms with Crippen LogP contribution in [0.15, 0.2) is 12.5 Å². The van der Waals surface area contributed by atoms with Crippen LogP contribution in [0.1, 0.15) is 44.5 Å². The second kappa shape index (κ2) is 4.97. The van der Waals surface area contributed by atoms with E-state index in [9.17, 15) is 0 Å². The van der Waals surface area contributed by atoms with E-state index in [4.69, 9.17) is 10.5 Å². The summed E-state index contributed by atoms with van der Waals surface area (Å²) in [6, 6.07) is 0.518. The molecular formula is C12H21N3O. The third-order valence-corrected chi connectivity index (χ3v) is 3.60. The van der Waals surface area contributed by atoms with Crippen molar-refractivity contribution >= 4 is 0 Å². The van der Waals surface area contributed by atoms with Crippen LogP contribution in [0, 0.1) is 5.92 Å². The van der Waals surface area contributed by atoms with Crippen molar-refractivity contribution in [2.45, 2.75) is 38.8 Å². The first-order chi connectivity index (χ1) is 7.74. The van der Waals surface area contributed by atoms with Crippen LogP contribution in [0.4, 0.5) is 0 Å². The molecule has 1 aromatic heterocycles. The van der Waals surface area contributed by atoms with Crippen molar-refractivity contribution in [1.29, 1.82) is 0 Å². The monoisotopic (exact) mass is 223 g/mol. The summed E-state index contributed by atoms with van der Waals surface area (Å²) in [6.45, 7) is 6.08. The average Bonchev–Trinajstić information content (AvgIpc) is 2.97. The van der Waals surface area contributed by atoms with E-state index >= 15 is 0 Å². The summed E-state index contributed by atoms with van der Waals surface area (Å²) >= 11 is 0. The van der Waals surface area contributed by atoms with Gasteiger partial charge in [0.25, 0.3) is 0 Å². The second-order valence-electron chi connectivity index (χ2n) is 4.60. The van der Waals surface area contributed by atoms with Crippen LogP contribution in [0.5, 0.6) is 0 Å². The summed E-state index contributed by atoms with van der Waals surface area (Å²) in [4.78, 5) is 4.23. The van der Waals surface area contributed by atoms with Crippen molar-refractivity contribution in [3.05, 3.63) is 18.2 Å². The molecule has 0 saturated carbocycles. The van der Waals surface area contributed by atoms with Gasteiger partial charge in [-0.05, 0) is 19.8 Å². The molecule has 4 nitrogen and oxygen atoms in total. The molecule has 90 valence electrons. The Kier molecular flexibility index (Phi) is 3.61. The molecule has 0 radical (unpaired) electrons. The van der Waals surface area contributed by atoms with Crippen LogP contribution >= 0.6 is 0 Å². The molecule has 2 unspecified atom stereocenters. The number of hydrogen-bond acceptors (Lipinski definition) is 3. The average molecular weight is 223 g/mol. The van der Waals surface area contributed by atoms with Crippen molar-refractivity contribution in [2.75, 3.05) is 13.2 Å². The largest absolute Gasteiger partial charge is 0.381 e. The van der Waals surface area contributed by atoms with Crippen LogP contribution in [0.3, 0.4) is 0 Å². The normalized spacial score (nSPS) is 24.6. The van der Waals surface area contributed by atoms with Gasteiger partial charge in [0.15, 0.2) is 0 Å². The summed E-state index contributed by atoms with van der Waals surface area (Å²) in [5.74, 6) is 0.594. The van der Waals surface area contributed by atoms with Gasteiger partial charge in [-0.1, -0.05) is 6.92 Å². The van der Waals surface area contributed by atoms with E-state index < -0.39 is 0 Å². The third kappa shape index (κ3) is 2.13. The van der Waals surface area contributed by atoms with Gasteiger partial charge in [0.2, 0.25) is 0 Å². The highest BCUT2D eigenvalue weighted by Gasteiger charge is 2.25. The Hall–Kier alpha value is -0.870. The maximum atomic E-state index is 6.08. The zero-order chi connectivity index (χ0) is 11.5. The molecule has 0 bridgehead atoms. The molecule has 1 fully saturated rings. The van der Waals surface area contributed by atoms with Gasteiger partial charge in [-0.15, -0.1) is 0 Å². The lowest BCUT2D eigenvalue weighted by molar-refractivity contribution is 0.174. The van der Waals surface area contributed by atoms with Gasteiger partial charge >= 0.3 is 0 Å². The Balaban J connectivity index is 2.15. The van der Waals surface area contributed by atoms with Gasteiger partial charge in [-0.25, -0.2) is 4.98 Å². The highest BCUT2D eigenvalue weighted by Crippen LogP contribution is 2.28. The molecule has 16 heavy (non-hydrogen) atoms. The maximum absolute atomic E-state index is 6.08. The predicted molar refractivity (Wildman–Crippen MR) is 63.1 cm³/mol. The molecule has 1 aliphatic heterocycles. The lowest BCUT2D eigenvalue weighted by atomic mass is 10.00. The summed E-state index contributed by atoms with van der Waals surface area (Å²) in [7, 11) is 0. The van der Waals surface area contributed by atoms with Gasteiger partial charge < -0.3 is 15.0 Å². The smallest absolute Gasteiger partial charge is 0.0951 e. The van der Waals surface area contributed by atoms with Gasteiger partial charge in [-0.2, -0.15) is 0 Å². The molecule has 0 aromatic carbocycles. The molecule has 0 aliphatic carbocycles. The van der Waals surface area contributed by atoms with Gasteiger partial charge in [0, 0.05) is 30.8 Å². The number of ether oxygens (including phenoxy) is 1. The molecule has 1 aliphatic rings. The van der Waals surface area contributed by atoms with Crippen molar-refractivity contribution < 1.29 is 4.74 Å². The Morgan fingerprint density at radius 3 is 3.12 bits per heavy atom. The number of aromatic nitrogens is 2. The summed E-state index contributed by atoms with van der Waals surface area (Å²) in [5.41, 5.74) is 7.22. The number of nitrogens with two attached hydrogens (primary N) is 1. The molecule has 3 atom stereocenters. The van der Waals surface area contributed by atoms with Crippen molar-refractivity contribution in [1.82, 2.24) is 9.55 Å². The molecule has 2 N–H and O–H groups in total. The molecule has 1 aromatic rings. The Bertz CT molecular complexity index is 331. The minimum Gasteiger partial charge on any atom is -0.381 e. The fraction of sp³-hybridized carbons (Fsp3) is 0.750. The van der Waals surface area contributed by atoms with Gasteiger partial charge in [0.05, 0.1) is 18.6 Å². The molecule has 2 heterocycles. The summed E-state index contributed by atoms with van der Waals surface area (Å²) in [6.07, 6.45) is 5.87. The molecule has 0 spiro atoms. The van der Waals surface area contributed by atoms with Gasteiger partial charge in [0.1, 0.15) is 0 Å². The number of rotatable bonds is 4. The van der Waals surface area contributed by atoms with E-state index in [0.717, 1.165) is 31.7 Å². The van der Waals surface area contributed by atoms with E-state index in [2.05, 4.69) is 23.4 Å². The second-order valence-corrected chi connectivity index (χ2v) is 4.60. The fourth-order valence-corrected chi connectivity index (χ4v) is 2.31. The molecular weight excluding hydrogens is 202 g/mol. The first kappa shape index (κ1) is 11.6. The fourth-order valence-electron chi connectivity index (χ4n) is 2.31. The summed E-state index contributed by atoms with van der Waals surface area (Å²) in [5, 5.41) is 0. The van der Waals surface area contributed by atoms with Crippen molar-refractivity contribution in [3.63, 3.8) is 0 Å². The molecule has 1 saturated heterocycles. The van der Waals surface area contributed by atoms with E-state index in [-0.39, 0.29) is 6.04 Å². The molecule has 2 rings (SSSR count). The third-order valence-electron chi connectivity index (χ3n) is 3.60. The predicted octanol–water partition coefficient (Wildman–Crippen LogP) is 1.89. The molecule has 4 heteroatoms. The zero-order valence-corrected chi connectivity index (χ0v) is 10.1. The van der Waals surface area contributed by atoms with Crippen LogP contribution < -0.4 is 5.73 Å². The Labute approximate surface area is 96.8 Å². The van der Waals surface area contributed by atoms with Crippen LogP contribution in [0.25, 0.3) is 0 Å². The van der Waals surface area contributed by atoms with Crippen LogP contribution in [-0.2, 0) is 4.74 Å². The lowest BCUT2D eigenvalue weighted by Crippen LogP contribution is -2.21. The number of hydrogen-bond donors (Lipinski definition) is 1. The standard InChI is InChI=1S/C12H21N3O/c1-3-11(13)12-6-14-8-15(12)9(2)10-4-5-16-7-10/h6,8-11H,3-5,7,13H2,1-2H3/t9?,10?,11-/m1/s1. The van der Waals surface area contributed by atoms with E-state index in [0.29, 0.717) is 12.0 Å². The topological polar surface area (TPSA) is 53.1 Å². The van der Waals surface area contributed by atoms with Crippen molar-refractivity contribution in [2.24, 2.45) is 11.7 Å². The first-order valence-electron chi connectivity index (χ1n) is 6.09. The Morgan fingerprint density at radius 2 is 2.50 bits per heavy atom. The minimum absolute atomic E-state index is 0.0901. The van der Waals surface area contributed by atoms with Gasteiger partial charge in [-0.3, -0.25) is 0 Å². The van der Waals surface area contributed by atoms with E-state index in [1.165, 1.54) is 0 Å². The number of imidazole rings is 1. The lowest BCUT2D eigenvalue weighted by Gasteiger charge is -2.23.